The number of nitrogens with one attached hydrogen (secondary N) is 1. The summed E-state index contributed by atoms with van der Waals surface area (Å²) >= 11 is 2.99. The Bertz CT molecular complexity index is 479. The molecular formula is C13H13BrF3N. The second-order valence-electron chi connectivity index (χ2n) is 5.23. The number of rotatable bonds is 1. The predicted molar refractivity (Wildman–Crippen MR) is 66.0 cm³/mol. The Kier molecular flexibility index (Phi) is 2.94. The quantitative estimate of drug-likeness (QED) is 0.776. The molecule has 2 aliphatic heterocycles. The van der Waals surface area contributed by atoms with E-state index in [1.54, 1.807) is 0 Å². The van der Waals surface area contributed by atoms with Crippen molar-refractivity contribution in [3.8, 4) is 0 Å². The summed E-state index contributed by atoms with van der Waals surface area (Å²) in [7, 11) is 0. The Morgan fingerprint density at radius 2 is 1.78 bits per heavy atom. The van der Waals surface area contributed by atoms with Crippen molar-refractivity contribution in [1.29, 1.82) is 0 Å². The Morgan fingerprint density at radius 1 is 1.17 bits per heavy atom. The number of fused-ring (bicyclic) bond motifs is 2. The third-order valence-corrected chi connectivity index (χ3v) is 4.58. The van der Waals surface area contributed by atoms with Crippen molar-refractivity contribution in [2.75, 3.05) is 0 Å². The summed E-state index contributed by atoms with van der Waals surface area (Å²) in [5, 5.41) is 3.27. The molecule has 5 heteroatoms. The van der Waals surface area contributed by atoms with Gasteiger partial charge in [0.1, 0.15) is 17.3 Å². The monoisotopic (exact) mass is 319 g/mol. The van der Waals surface area contributed by atoms with Gasteiger partial charge in [0.15, 0.2) is 0 Å². The van der Waals surface area contributed by atoms with Crippen LogP contribution in [0.15, 0.2) is 16.6 Å². The third kappa shape index (κ3) is 1.88. The van der Waals surface area contributed by atoms with E-state index in [9.17, 15) is 8.78 Å². The summed E-state index contributed by atoms with van der Waals surface area (Å²) in [6.07, 6.45) is 2.06. The van der Waals surface area contributed by atoms with E-state index in [0.717, 1.165) is 18.9 Å². The molecule has 0 radical (unpaired) electrons. The minimum Gasteiger partial charge on any atom is -0.311 e. The molecule has 0 aliphatic carbocycles. The second kappa shape index (κ2) is 4.23. The molecule has 1 N–H and O–H groups in total. The minimum absolute atomic E-state index is 0.0338. The maximum Gasteiger partial charge on any atom is 0.146 e. The fourth-order valence-electron chi connectivity index (χ4n) is 3.23. The van der Waals surface area contributed by atoms with Crippen LogP contribution in [0.25, 0.3) is 0 Å². The molecule has 3 rings (SSSR count). The molecule has 0 amide bonds. The predicted octanol–water partition coefficient (Wildman–Crippen LogP) is 3.81. The van der Waals surface area contributed by atoms with Crippen molar-refractivity contribution in [2.45, 2.75) is 43.4 Å². The number of benzene rings is 1. The molecule has 2 heterocycles. The van der Waals surface area contributed by atoms with E-state index >= 15 is 4.39 Å². The lowest BCUT2D eigenvalue weighted by Crippen LogP contribution is -2.45. The van der Waals surface area contributed by atoms with E-state index in [-0.39, 0.29) is 29.4 Å². The van der Waals surface area contributed by atoms with Gasteiger partial charge in [-0.05, 0) is 40.9 Å². The number of alkyl halides is 1. The highest BCUT2D eigenvalue weighted by Gasteiger charge is 2.48. The Hall–Kier alpha value is -0.550. The molecule has 2 atom stereocenters. The van der Waals surface area contributed by atoms with Crippen LogP contribution in [0.3, 0.4) is 0 Å². The lowest BCUT2D eigenvalue weighted by Gasteiger charge is -2.35. The van der Waals surface area contributed by atoms with Gasteiger partial charge in [-0.3, -0.25) is 0 Å². The van der Waals surface area contributed by atoms with Gasteiger partial charge in [-0.15, -0.1) is 0 Å². The van der Waals surface area contributed by atoms with Gasteiger partial charge < -0.3 is 5.32 Å². The van der Waals surface area contributed by atoms with Gasteiger partial charge in [-0.1, -0.05) is 0 Å². The van der Waals surface area contributed by atoms with Crippen molar-refractivity contribution >= 4 is 15.9 Å². The summed E-state index contributed by atoms with van der Waals surface area (Å²) in [5.41, 5.74) is -2.30. The Balaban J connectivity index is 2.06. The van der Waals surface area contributed by atoms with E-state index in [4.69, 9.17) is 0 Å². The average molecular weight is 320 g/mol. The second-order valence-corrected chi connectivity index (χ2v) is 6.08. The van der Waals surface area contributed by atoms with E-state index in [0.29, 0.717) is 0 Å². The first-order chi connectivity index (χ1) is 8.49. The van der Waals surface area contributed by atoms with Gasteiger partial charge in [-0.2, -0.15) is 0 Å². The summed E-state index contributed by atoms with van der Waals surface area (Å²) in [4.78, 5) is 0. The van der Waals surface area contributed by atoms with Gasteiger partial charge in [0.2, 0.25) is 0 Å². The standard InChI is InChI=1S/C13H13BrF3N/c14-9-3-4-10(15)11(12(9)16)13(17)5-7-1-2-8(6-13)18-7/h3-4,7-8,18H,1-2,5-6H2. The Labute approximate surface area is 112 Å². The van der Waals surface area contributed by atoms with Gasteiger partial charge in [0, 0.05) is 24.9 Å². The fourth-order valence-corrected chi connectivity index (χ4v) is 3.56. The van der Waals surface area contributed by atoms with E-state index in [1.165, 1.54) is 6.07 Å². The zero-order valence-electron chi connectivity index (χ0n) is 9.65. The molecule has 18 heavy (non-hydrogen) atoms. The number of hydrogen-bond donors (Lipinski definition) is 1. The smallest absolute Gasteiger partial charge is 0.146 e. The zero-order chi connectivity index (χ0) is 12.9. The zero-order valence-corrected chi connectivity index (χ0v) is 11.2. The van der Waals surface area contributed by atoms with Crippen molar-refractivity contribution < 1.29 is 13.2 Å². The first-order valence-corrected chi connectivity index (χ1v) is 6.88. The van der Waals surface area contributed by atoms with Crippen LogP contribution >= 0.6 is 15.9 Å². The van der Waals surface area contributed by atoms with Crippen LogP contribution in [0.4, 0.5) is 13.2 Å². The van der Waals surface area contributed by atoms with Crippen molar-refractivity contribution in [2.24, 2.45) is 0 Å². The molecule has 0 spiro atoms. The SMILES string of the molecule is Fc1ccc(Br)c(F)c1C1(F)CC2CCC(C1)N2. The van der Waals surface area contributed by atoms with Crippen molar-refractivity contribution in [3.05, 3.63) is 33.8 Å². The van der Waals surface area contributed by atoms with Gasteiger partial charge >= 0.3 is 0 Å². The molecule has 98 valence electrons. The highest BCUT2D eigenvalue weighted by molar-refractivity contribution is 9.10. The molecule has 2 bridgehead atoms. The number of piperidine rings is 1. The first kappa shape index (κ1) is 12.5. The molecule has 2 fully saturated rings. The maximum absolute atomic E-state index is 15.0. The van der Waals surface area contributed by atoms with Crippen LogP contribution in [-0.2, 0) is 5.67 Å². The van der Waals surface area contributed by atoms with Crippen LogP contribution < -0.4 is 5.32 Å². The van der Waals surface area contributed by atoms with Gasteiger partial charge in [-0.25, -0.2) is 13.2 Å². The van der Waals surface area contributed by atoms with Crippen LogP contribution in [0.1, 0.15) is 31.2 Å². The molecule has 2 saturated heterocycles. The Morgan fingerprint density at radius 3 is 2.39 bits per heavy atom. The number of halogens is 4. The topological polar surface area (TPSA) is 12.0 Å². The molecule has 1 aromatic carbocycles. The fraction of sp³-hybridized carbons (Fsp3) is 0.538. The summed E-state index contributed by atoms with van der Waals surface area (Å²) < 4.78 is 43.0. The molecular weight excluding hydrogens is 307 g/mol. The molecule has 0 aromatic heterocycles. The van der Waals surface area contributed by atoms with Crippen LogP contribution in [0.5, 0.6) is 0 Å². The van der Waals surface area contributed by atoms with Crippen LogP contribution in [-0.4, -0.2) is 12.1 Å². The summed E-state index contributed by atoms with van der Waals surface area (Å²) in [6.45, 7) is 0. The summed E-state index contributed by atoms with van der Waals surface area (Å²) in [5.74, 6) is -1.60. The van der Waals surface area contributed by atoms with Gasteiger partial charge in [0.05, 0.1) is 10.0 Å². The third-order valence-electron chi connectivity index (χ3n) is 3.97. The largest absolute Gasteiger partial charge is 0.311 e. The normalized spacial score (nSPS) is 34.9. The van der Waals surface area contributed by atoms with Crippen LogP contribution in [0, 0.1) is 11.6 Å². The van der Waals surface area contributed by atoms with Crippen molar-refractivity contribution in [1.82, 2.24) is 5.32 Å². The number of hydrogen-bond acceptors (Lipinski definition) is 1. The van der Waals surface area contributed by atoms with Crippen LogP contribution in [0.2, 0.25) is 0 Å². The highest BCUT2D eigenvalue weighted by Crippen LogP contribution is 2.46. The van der Waals surface area contributed by atoms with E-state index in [2.05, 4.69) is 21.2 Å². The summed E-state index contributed by atoms with van der Waals surface area (Å²) in [6, 6.07) is 2.46. The molecule has 0 saturated carbocycles. The molecule has 1 nitrogen and oxygen atoms in total. The van der Waals surface area contributed by atoms with Gasteiger partial charge in [0.25, 0.3) is 0 Å². The first-order valence-electron chi connectivity index (χ1n) is 6.08. The maximum atomic E-state index is 15.0. The highest BCUT2D eigenvalue weighted by atomic mass is 79.9. The molecule has 2 aliphatic rings. The van der Waals surface area contributed by atoms with E-state index < -0.39 is 22.9 Å². The van der Waals surface area contributed by atoms with E-state index in [1.807, 2.05) is 0 Å². The lowest BCUT2D eigenvalue weighted by atomic mass is 9.82. The van der Waals surface area contributed by atoms with Crippen molar-refractivity contribution in [3.63, 3.8) is 0 Å². The minimum atomic E-state index is -1.89. The average Bonchev–Trinajstić information content (AvgIpc) is 2.64. The lowest BCUT2D eigenvalue weighted by molar-refractivity contribution is 0.0787. The molecule has 2 unspecified atom stereocenters. The molecule has 1 aromatic rings.